The number of unbranched alkanes of at least 4 members (excludes halogenated alkanes) is 1. The molecule has 0 spiro atoms. The average molecular weight is 288 g/mol. The summed E-state index contributed by atoms with van der Waals surface area (Å²) in [5.74, 6) is 1.25. The van der Waals surface area contributed by atoms with Crippen LogP contribution >= 0.6 is 11.6 Å². The molecule has 0 radical (unpaired) electrons. The number of nitrogens with one attached hydrogen (secondary N) is 1. The minimum Gasteiger partial charge on any atom is -0.491 e. The first-order chi connectivity index (χ1) is 9.22. The molecule has 0 fully saturated rings. The van der Waals surface area contributed by atoms with Gasteiger partial charge in [0.05, 0.1) is 18.7 Å². The number of aliphatic hydroxyl groups excluding tert-OH is 1. The number of halogens is 1. The van der Waals surface area contributed by atoms with Crippen LogP contribution in [-0.2, 0) is 6.54 Å². The van der Waals surface area contributed by atoms with Gasteiger partial charge in [-0.2, -0.15) is 0 Å². The van der Waals surface area contributed by atoms with Crippen molar-refractivity contribution < 1.29 is 14.6 Å². The molecule has 0 aliphatic heterocycles. The van der Waals surface area contributed by atoms with Crippen LogP contribution in [0.3, 0.4) is 0 Å². The van der Waals surface area contributed by atoms with Gasteiger partial charge in [-0.1, -0.05) is 11.6 Å². The van der Waals surface area contributed by atoms with Crippen molar-refractivity contribution in [3.05, 3.63) is 22.7 Å². The van der Waals surface area contributed by atoms with Gasteiger partial charge in [-0.15, -0.1) is 0 Å². The lowest BCUT2D eigenvalue weighted by molar-refractivity contribution is 0.283. The van der Waals surface area contributed by atoms with Crippen molar-refractivity contribution in [1.29, 1.82) is 0 Å². The Balaban J connectivity index is 2.63. The molecule has 0 atom stereocenters. The fraction of sp³-hybridized carbons (Fsp3) is 0.571. The van der Waals surface area contributed by atoms with E-state index in [-0.39, 0.29) is 6.61 Å². The van der Waals surface area contributed by atoms with Gasteiger partial charge in [0.1, 0.15) is 0 Å². The average Bonchev–Trinajstić information content (AvgIpc) is 2.39. The van der Waals surface area contributed by atoms with E-state index in [2.05, 4.69) is 5.32 Å². The van der Waals surface area contributed by atoms with Crippen LogP contribution in [-0.4, -0.2) is 32.0 Å². The van der Waals surface area contributed by atoms with Gasteiger partial charge in [0.2, 0.25) is 0 Å². The van der Waals surface area contributed by atoms with Gasteiger partial charge in [-0.3, -0.25) is 0 Å². The quantitative estimate of drug-likeness (QED) is 0.686. The third kappa shape index (κ3) is 5.27. The second-order valence-corrected chi connectivity index (χ2v) is 4.56. The molecule has 0 amide bonds. The molecule has 5 heteroatoms. The highest BCUT2D eigenvalue weighted by molar-refractivity contribution is 6.32. The van der Waals surface area contributed by atoms with Crippen LogP contribution in [0.15, 0.2) is 12.1 Å². The number of hydrogen-bond acceptors (Lipinski definition) is 4. The van der Waals surface area contributed by atoms with Gasteiger partial charge in [-0.05, 0) is 44.0 Å². The van der Waals surface area contributed by atoms with E-state index in [1.807, 2.05) is 19.1 Å². The molecule has 108 valence electrons. The molecule has 4 nitrogen and oxygen atoms in total. The van der Waals surface area contributed by atoms with Gasteiger partial charge >= 0.3 is 0 Å². The number of ether oxygens (including phenoxy) is 2. The minimum absolute atomic E-state index is 0.241. The van der Waals surface area contributed by atoms with Crippen molar-refractivity contribution in [2.45, 2.75) is 26.3 Å². The van der Waals surface area contributed by atoms with E-state index in [1.54, 1.807) is 7.11 Å². The van der Waals surface area contributed by atoms with Crippen LogP contribution in [0.1, 0.15) is 25.3 Å². The van der Waals surface area contributed by atoms with Crippen molar-refractivity contribution in [1.82, 2.24) is 5.32 Å². The Bertz CT molecular complexity index is 385. The predicted molar refractivity (Wildman–Crippen MR) is 77.2 cm³/mol. The summed E-state index contributed by atoms with van der Waals surface area (Å²) in [5.41, 5.74) is 1.05. The standard InChI is InChI=1S/C14H22ClNO3/c1-3-19-13-9-11(8-12(15)14(13)18-2)10-16-6-4-5-7-17/h8-9,16-17H,3-7,10H2,1-2H3. The van der Waals surface area contributed by atoms with Crippen LogP contribution in [0, 0.1) is 0 Å². The first-order valence-corrected chi connectivity index (χ1v) is 6.91. The molecule has 1 aromatic carbocycles. The summed E-state index contributed by atoms with van der Waals surface area (Å²) in [7, 11) is 1.58. The largest absolute Gasteiger partial charge is 0.491 e. The monoisotopic (exact) mass is 287 g/mol. The Labute approximate surface area is 119 Å². The molecule has 0 aliphatic carbocycles. The summed E-state index contributed by atoms with van der Waals surface area (Å²) in [4.78, 5) is 0. The molecular formula is C14H22ClNO3. The Morgan fingerprint density at radius 2 is 2.11 bits per heavy atom. The van der Waals surface area contributed by atoms with Crippen LogP contribution < -0.4 is 14.8 Å². The third-order valence-corrected chi connectivity index (χ3v) is 2.94. The second kappa shape index (κ2) is 9.02. The third-order valence-electron chi connectivity index (χ3n) is 2.66. The lowest BCUT2D eigenvalue weighted by Gasteiger charge is -2.13. The summed E-state index contributed by atoms with van der Waals surface area (Å²) in [5, 5.41) is 12.6. The number of benzene rings is 1. The van der Waals surface area contributed by atoms with E-state index in [0.717, 1.165) is 31.5 Å². The van der Waals surface area contributed by atoms with Gasteiger partial charge in [0.25, 0.3) is 0 Å². The molecule has 19 heavy (non-hydrogen) atoms. The zero-order valence-corrected chi connectivity index (χ0v) is 12.3. The van der Waals surface area contributed by atoms with Crippen molar-refractivity contribution in [2.75, 3.05) is 26.9 Å². The van der Waals surface area contributed by atoms with E-state index in [9.17, 15) is 0 Å². The fourth-order valence-electron chi connectivity index (χ4n) is 1.78. The van der Waals surface area contributed by atoms with Crippen molar-refractivity contribution in [3.8, 4) is 11.5 Å². The maximum absolute atomic E-state index is 8.70. The second-order valence-electron chi connectivity index (χ2n) is 4.15. The highest BCUT2D eigenvalue weighted by Crippen LogP contribution is 2.36. The molecule has 0 saturated heterocycles. The fourth-order valence-corrected chi connectivity index (χ4v) is 2.09. The molecule has 0 aromatic heterocycles. The molecule has 0 saturated carbocycles. The molecule has 2 N–H and O–H groups in total. The predicted octanol–water partition coefficient (Wildman–Crippen LogP) is 2.61. The van der Waals surface area contributed by atoms with Crippen LogP contribution in [0.2, 0.25) is 5.02 Å². The smallest absolute Gasteiger partial charge is 0.179 e. The molecule has 0 aliphatic rings. The van der Waals surface area contributed by atoms with Gasteiger partial charge in [0.15, 0.2) is 11.5 Å². The van der Waals surface area contributed by atoms with Gasteiger partial charge in [0, 0.05) is 13.2 Å². The topological polar surface area (TPSA) is 50.7 Å². The first-order valence-electron chi connectivity index (χ1n) is 6.53. The van der Waals surface area contributed by atoms with Crippen LogP contribution in [0.25, 0.3) is 0 Å². The normalized spacial score (nSPS) is 10.5. The summed E-state index contributed by atoms with van der Waals surface area (Å²) >= 11 is 6.17. The number of methoxy groups -OCH3 is 1. The summed E-state index contributed by atoms with van der Waals surface area (Å²) in [6.45, 7) is 4.32. The SMILES string of the molecule is CCOc1cc(CNCCCCO)cc(Cl)c1OC. The number of rotatable bonds is 9. The Kier molecular flexibility index (Phi) is 7.63. The minimum atomic E-state index is 0.241. The molecule has 0 unspecified atom stereocenters. The molecule has 1 rings (SSSR count). The molecule has 0 bridgehead atoms. The Hall–Kier alpha value is -0.970. The lowest BCUT2D eigenvalue weighted by Crippen LogP contribution is -2.15. The first kappa shape index (κ1) is 16.1. The maximum atomic E-state index is 8.70. The number of hydrogen-bond donors (Lipinski definition) is 2. The zero-order valence-electron chi connectivity index (χ0n) is 11.5. The van der Waals surface area contributed by atoms with Crippen molar-refractivity contribution in [3.63, 3.8) is 0 Å². The lowest BCUT2D eigenvalue weighted by atomic mass is 10.2. The Morgan fingerprint density at radius 1 is 1.32 bits per heavy atom. The highest BCUT2D eigenvalue weighted by atomic mass is 35.5. The van der Waals surface area contributed by atoms with E-state index in [4.69, 9.17) is 26.2 Å². The van der Waals surface area contributed by atoms with Crippen LogP contribution in [0.5, 0.6) is 11.5 Å². The van der Waals surface area contributed by atoms with Gasteiger partial charge in [-0.25, -0.2) is 0 Å². The van der Waals surface area contributed by atoms with E-state index < -0.39 is 0 Å². The summed E-state index contributed by atoms with van der Waals surface area (Å²) in [6, 6.07) is 3.81. The van der Waals surface area contributed by atoms with E-state index in [1.165, 1.54) is 0 Å². The van der Waals surface area contributed by atoms with Gasteiger partial charge < -0.3 is 19.9 Å². The summed E-state index contributed by atoms with van der Waals surface area (Å²) < 4.78 is 10.8. The van der Waals surface area contributed by atoms with E-state index >= 15 is 0 Å². The van der Waals surface area contributed by atoms with Crippen LogP contribution in [0.4, 0.5) is 0 Å². The number of aliphatic hydroxyl groups is 1. The Morgan fingerprint density at radius 3 is 2.74 bits per heavy atom. The zero-order chi connectivity index (χ0) is 14.1. The highest BCUT2D eigenvalue weighted by Gasteiger charge is 2.11. The molecule has 0 heterocycles. The van der Waals surface area contributed by atoms with Crippen molar-refractivity contribution in [2.24, 2.45) is 0 Å². The maximum Gasteiger partial charge on any atom is 0.179 e. The van der Waals surface area contributed by atoms with E-state index in [0.29, 0.717) is 23.1 Å². The van der Waals surface area contributed by atoms with Crippen molar-refractivity contribution >= 4 is 11.6 Å². The molecular weight excluding hydrogens is 266 g/mol. The summed E-state index contributed by atoms with van der Waals surface area (Å²) in [6.07, 6.45) is 1.78. The molecule has 1 aromatic rings.